The van der Waals surface area contributed by atoms with E-state index in [2.05, 4.69) is 21.2 Å². The van der Waals surface area contributed by atoms with Crippen LogP contribution in [0.4, 0.5) is 4.79 Å². The molecule has 1 aromatic rings. The van der Waals surface area contributed by atoms with Gasteiger partial charge in [0.2, 0.25) is 0 Å². The van der Waals surface area contributed by atoms with E-state index in [4.69, 9.17) is 9.84 Å². The molecule has 2 atom stereocenters. The highest BCUT2D eigenvalue weighted by molar-refractivity contribution is 9.10. The summed E-state index contributed by atoms with van der Waals surface area (Å²) < 4.78 is 5.45. The lowest BCUT2D eigenvalue weighted by molar-refractivity contribution is 0.0119. The van der Waals surface area contributed by atoms with E-state index in [1.54, 1.807) is 20.8 Å². The monoisotopic (exact) mass is 403 g/mol. The lowest BCUT2D eigenvalue weighted by Gasteiger charge is -2.21. The van der Waals surface area contributed by atoms with Crippen LogP contribution in [0.3, 0.4) is 0 Å². The van der Waals surface area contributed by atoms with Gasteiger partial charge in [0.1, 0.15) is 11.7 Å². The maximum Gasteiger partial charge on any atom is 0.407 e. The minimum atomic E-state index is -1.22. The number of carboxylic acids is 1. The smallest absolute Gasteiger partial charge is 0.407 e. The van der Waals surface area contributed by atoms with Crippen LogP contribution in [0.5, 0.6) is 0 Å². The number of alkyl carbamates (subject to hydrolysis) is 1. The summed E-state index contributed by atoms with van der Waals surface area (Å²) in [5.74, 6) is -1.08. The Kier molecular flexibility index (Phi) is 7.19. The second-order valence-electron chi connectivity index (χ2n) is 6.27. The van der Waals surface area contributed by atoms with Crippen molar-refractivity contribution in [1.82, 2.24) is 5.32 Å². The average molecular weight is 404 g/mol. The molecule has 1 rings (SSSR count). The molecule has 0 aromatic heterocycles. The van der Waals surface area contributed by atoms with Gasteiger partial charge in [0.15, 0.2) is 0 Å². The van der Waals surface area contributed by atoms with Crippen LogP contribution in [0.25, 0.3) is 0 Å². The van der Waals surface area contributed by atoms with Gasteiger partial charge in [-0.05, 0) is 44.9 Å². The zero-order valence-electron chi connectivity index (χ0n) is 13.7. The minimum absolute atomic E-state index is 0.0684. The summed E-state index contributed by atoms with van der Waals surface area (Å²) in [7, 11) is 0. The van der Waals surface area contributed by atoms with Crippen LogP contribution in [-0.2, 0) is 4.74 Å². The van der Waals surface area contributed by atoms with Crippen LogP contribution in [0.2, 0.25) is 0 Å². The van der Waals surface area contributed by atoms with E-state index in [1.165, 1.54) is 18.2 Å². The van der Waals surface area contributed by atoms with E-state index in [0.717, 1.165) is 0 Å². The summed E-state index contributed by atoms with van der Waals surface area (Å²) in [6, 6.07) is 4.13. The number of amides is 1. The molecule has 0 aliphatic carbocycles. The first kappa shape index (κ1) is 20.4. The number of aromatic carboxylic acids is 1. The Hall–Kier alpha value is -1.64. The number of ether oxygens (including phenoxy) is 1. The fourth-order valence-electron chi connectivity index (χ4n) is 1.90. The zero-order chi connectivity index (χ0) is 18.5. The molecule has 24 heavy (non-hydrogen) atoms. The molecule has 0 heterocycles. The third-order valence-corrected chi connectivity index (χ3v) is 3.73. The van der Waals surface area contributed by atoms with Crippen molar-refractivity contribution in [3.05, 3.63) is 33.8 Å². The van der Waals surface area contributed by atoms with E-state index >= 15 is 0 Å². The van der Waals surface area contributed by atoms with Crippen LogP contribution in [0, 0.1) is 0 Å². The average Bonchev–Trinajstić information content (AvgIpc) is 2.44. The van der Waals surface area contributed by atoms with Crippen molar-refractivity contribution in [3.63, 3.8) is 0 Å². The Morgan fingerprint density at radius 3 is 2.42 bits per heavy atom. The minimum Gasteiger partial charge on any atom is -0.478 e. The number of aliphatic hydroxyl groups is 2. The Morgan fingerprint density at radius 2 is 1.92 bits per heavy atom. The lowest BCUT2D eigenvalue weighted by Crippen LogP contribution is -2.34. The van der Waals surface area contributed by atoms with Crippen LogP contribution in [0.15, 0.2) is 22.7 Å². The Morgan fingerprint density at radius 1 is 1.29 bits per heavy atom. The number of carbonyl (C=O) groups excluding carboxylic acids is 1. The largest absolute Gasteiger partial charge is 0.478 e. The summed E-state index contributed by atoms with van der Waals surface area (Å²) in [5, 5.41) is 31.6. The van der Waals surface area contributed by atoms with E-state index in [1.807, 2.05) is 0 Å². The van der Waals surface area contributed by atoms with E-state index in [0.29, 0.717) is 10.0 Å². The molecule has 134 valence electrons. The summed E-state index contributed by atoms with van der Waals surface area (Å²) in [5.41, 5.74) is -0.178. The normalized spacial score (nSPS) is 13.9. The first-order valence-electron chi connectivity index (χ1n) is 7.37. The van der Waals surface area contributed by atoms with Gasteiger partial charge in [-0.3, -0.25) is 0 Å². The summed E-state index contributed by atoms with van der Waals surface area (Å²) in [6.45, 7) is 5.34. The molecule has 2 unspecified atom stereocenters. The number of rotatable bonds is 6. The van der Waals surface area contributed by atoms with Crippen LogP contribution < -0.4 is 5.32 Å². The number of nitrogens with one attached hydrogen (secondary N) is 1. The SMILES string of the molecule is CC(C)(C)OC(=O)NCCC(O)C(O)c1ccc(C(=O)O)cc1Br. The van der Waals surface area contributed by atoms with Crippen molar-refractivity contribution >= 4 is 28.0 Å². The van der Waals surface area contributed by atoms with Gasteiger partial charge in [-0.25, -0.2) is 9.59 Å². The molecule has 1 amide bonds. The predicted octanol–water partition coefficient (Wildman–Crippen LogP) is 2.46. The van der Waals surface area contributed by atoms with Gasteiger partial charge in [-0.15, -0.1) is 0 Å². The van der Waals surface area contributed by atoms with Crippen molar-refractivity contribution in [3.8, 4) is 0 Å². The third kappa shape index (κ3) is 6.46. The number of benzene rings is 1. The molecule has 8 heteroatoms. The molecule has 0 radical (unpaired) electrons. The van der Waals surface area contributed by atoms with E-state index < -0.39 is 29.9 Å². The first-order valence-corrected chi connectivity index (χ1v) is 8.16. The van der Waals surface area contributed by atoms with Gasteiger partial charge in [0.05, 0.1) is 11.7 Å². The van der Waals surface area contributed by atoms with Gasteiger partial charge in [0, 0.05) is 11.0 Å². The highest BCUT2D eigenvalue weighted by atomic mass is 79.9. The third-order valence-electron chi connectivity index (χ3n) is 3.04. The Bertz CT molecular complexity index is 599. The maximum absolute atomic E-state index is 11.5. The molecule has 0 aliphatic rings. The summed E-state index contributed by atoms with van der Waals surface area (Å²) >= 11 is 3.18. The fourth-order valence-corrected chi connectivity index (χ4v) is 2.51. The van der Waals surface area contributed by atoms with Gasteiger partial charge in [-0.1, -0.05) is 22.0 Å². The molecule has 0 bridgehead atoms. The summed E-state index contributed by atoms with van der Waals surface area (Å²) in [4.78, 5) is 22.4. The molecule has 7 nitrogen and oxygen atoms in total. The molecule has 1 aromatic carbocycles. The molecule has 0 saturated heterocycles. The van der Waals surface area contributed by atoms with Crippen LogP contribution >= 0.6 is 15.9 Å². The Labute approximate surface area is 148 Å². The standard InChI is InChI=1S/C16H22BrNO6/c1-16(2,3)24-15(23)18-7-6-12(19)13(20)10-5-4-9(14(21)22)8-11(10)17/h4-5,8,12-13,19-20H,6-7H2,1-3H3,(H,18,23)(H,21,22). The molecule has 0 spiro atoms. The number of hydrogen-bond acceptors (Lipinski definition) is 5. The molecule has 0 fully saturated rings. The van der Waals surface area contributed by atoms with Gasteiger partial charge in [-0.2, -0.15) is 0 Å². The topological polar surface area (TPSA) is 116 Å². The number of hydrogen-bond donors (Lipinski definition) is 4. The molecule has 0 aliphatic heterocycles. The first-order chi connectivity index (χ1) is 11.0. The van der Waals surface area contributed by atoms with Crippen molar-refractivity contribution < 1.29 is 29.6 Å². The van der Waals surface area contributed by atoms with Crippen LogP contribution in [-0.4, -0.2) is 45.6 Å². The number of halogens is 1. The van der Waals surface area contributed by atoms with Crippen molar-refractivity contribution in [2.45, 2.75) is 45.0 Å². The van der Waals surface area contributed by atoms with E-state index in [-0.39, 0.29) is 18.5 Å². The van der Waals surface area contributed by atoms with Crippen LogP contribution in [0.1, 0.15) is 49.2 Å². The van der Waals surface area contributed by atoms with Crippen molar-refractivity contribution in [2.24, 2.45) is 0 Å². The highest BCUT2D eigenvalue weighted by Gasteiger charge is 2.22. The maximum atomic E-state index is 11.5. The van der Waals surface area contributed by atoms with Crippen molar-refractivity contribution in [1.29, 1.82) is 0 Å². The molecular formula is C16H22BrNO6. The van der Waals surface area contributed by atoms with E-state index in [9.17, 15) is 19.8 Å². The number of carbonyl (C=O) groups is 2. The Balaban J connectivity index is 2.57. The highest BCUT2D eigenvalue weighted by Crippen LogP contribution is 2.27. The zero-order valence-corrected chi connectivity index (χ0v) is 15.3. The number of carboxylic acid groups (broad SMARTS) is 1. The predicted molar refractivity (Wildman–Crippen MR) is 90.9 cm³/mol. The van der Waals surface area contributed by atoms with Gasteiger partial charge >= 0.3 is 12.1 Å². The lowest BCUT2D eigenvalue weighted by atomic mass is 10.0. The second kappa shape index (κ2) is 8.46. The van der Waals surface area contributed by atoms with Crippen molar-refractivity contribution in [2.75, 3.05) is 6.54 Å². The number of aliphatic hydroxyl groups excluding tert-OH is 2. The summed E-state index contributed by atoms with van der Waals surface area (Å²) in [6.07, 6.45) is -2.85. The molecule has 0 saturated carbocycles. The molecular weight excluding hydrogens is 382 g/mol. The fraction of sp³-hybridized carbons (Fsp3) is 0.500. The quantitative estimate of drug-likeness (QED) is 0.579. The molecule has 4 N–H and O–H groups in total. The second-order valence-corrected chi connectivity index (χ2v) is 7.13. The van der Waals surface area contributed by atoms with Gasteiger partial charge < -0.3 is 25.4 Å². The van der Waals surface area contributed by atoms with Gasteiger partial charge in [0.25, 0.3) is 0 Å².